The van der Waals surface area contributed by atoms with E-state index in [-0.39, 0.29) is 21.2 Å². The zero-order valence-electron chi connectivity index (χ0n) is 9.08. The summed E-state index contributed by atoms with van der Waals surface area (Å²) in [4.78, 5) is 12.0. The fraction of sp³-hybridized carbons (Fsp3) is 0.222. The Balaban J connectivity index is 2.68. The summed E-state index contributed by atoms with van der Waals surface area (Å²) in [7, 11) is -0.813. The summed E-state index contributed by atoms with van der Waals surface area (Å²) >= 11 is 1.13. The largest absolute Gasteiger partial charge is 0.504 e. The van der Waals surface area contributed by atoms with E-state index < -0.39 is 16.7 Å². The highest BCUT2D eigenvalue weighted by Crippen LogP contribution is 2.59. The van der Waals surface area contributed by atoms with Crippen LogP contribution < -0.4 is 0 Å². The number of hydrogen-bond acceptors (Lipinski definition) is 7. The summed E-state index contributed by atoms with van der Waals surface area (Å²) < 4.78 is 25.5. The highest BCUT2D eigenvalue weighted by molar-refractivity contribution is 8.22. The summed E-state index contributed by atoms with van der Waals surface area (Å²) in [6.07, 6.45) is 0. The van der Waals surface area contributed by atoms with E-state index in [1.54, 1.807) is 5.38 Å². The second kappa shape index (κ2) is 3.91. The lowest BCUT2D eigenvalue weighted by Gasteiger charge is -2.44. The lowest BCUT2D eigenvalue weighted by atomic mass is 10.3. The van der Waals surface area contributed by atoms with Gasteiger partial charge in [0.05, 0.1) is 12.0 Å². The molecule has 1 aliphatic heterocycles. The molecule has 17 heavy (non-hydrogen) atoms. The van der Waals surface area contributed by atoms with E-state index in [2.05, 4.69) is 4.74 Å². The predicted molar refractivity (Wildman–Crippen MR) is 64.8 cm³/mol. The Labute approximate surface area is 103 Å². The molecule has 0 amide bonds. The Morgan fingerprint density at radius 2 is 2.18 bits per heavy atom. The van der Waals surface area contributed by atoms with Gasteiger partial charge in [0.25, 0.3) is 0 Å². The minimum absolute atomic E-state index is 0.218. The molecule has 1 aromatic rings. The van der Waals surface area contributed by atoms with Crippen LogP contribution in [0.2, 0.25) is 0 Å². The molecule has 2 rings (SSSR count). The number of hydrogen-bond donors (Lipinski definition) is 3. The zero-order valence-corrected chi connectivity index (χ0v) is 10.7. The van der Waals surface area contributed by atoms with Crippen molar-refractivity contribution in [2.75, 3.05) is 14.2 Å². The highest BCUT2D eigenvalue weighted by Gasteiger charge is 2.39. The van der Waals surface area contributed by atoms with Crippen molar-refractivity contribution in [2.24, 2.45) is 0 Å². The number of esters is 1. The van der Waals surface area contributed by atoms with E-state index in [1.807, 2.05) is 0 Å². The molecule has 0 unspecified atom stereocenters. The molecule has 1 aliphatic rings. The van der Waals surface area contributed by atoms with Gasteiger partial charge in [0.1, 0.15) is 4.90 Å². The number of aliphatic hydroxyl groups excluding tert-OH is 1. The van der Waals surface area contributed by atoms with Crippen molar-refractivity contribution in [3.05, 3.63) is 22.0 Å². The Morgan fingerprint density at radius 1 is 1.53 bits per heavy atom. The van der Waals surface area contributed by atoms with Gasteiger partial charge in [-0.05, 0) is 11.4 Å². The molecule has 0 radical (unpaired) electrons. The minimum atomic E-state index is -3.29. The number of rotatable bonds is 1. The Bertz CT molecular complexity index is 507. The van der Waals surface area contributed by atoms with Crippen LogP contribution in [0.4, 0.5) is 0 Å². The van der Waals surface area contributed by atoms with Gasteiger partial charge in [-0.2, -0.15) is 0 Å². The molecule has 0 atom stereocenters. The van der Waals surface area contributed by atoms with E-state index in [4.69, 9.17) is 0 Å². The average molecular weight is 277 g/mol. The monoisotopic (exact) mass is 277 g/mol. The van der Waals surface area contributed by atoms with Gasteiger partial charge in [0.2, 0.25) is 0 Å². The first-order chi connectivity index (χ1) is 7.91. The molecule has 3 N–H and O–H groups in total. The molecule has 8 heteroatoms. The molecular formula is C9H11NO5S2. The van der Waals surface area contributed by atoms with Gasteiger partial charge in [-0.3, -0.25) is 13.4 Å². The first kappa shape index (κ1) is 12.2. The van der Waals surface area contributed by atoms with E-state index in [9.17, 15) is 19.0 Å². The number of aliphatic hydroxyl groups is 1. The summed E-state index contributed by atoms with van der Waals surface area (Å²) in [6, 6.07) is 1.51. The third kappa shape index (κ3) is 1.61. The van der Waals surface area contributed by atoms with Gasteiger partial charge in [-0.15, -0.1) is 11.3 Å². The number of carbonyl (C=O) groups is 1. The minimum Gasteiger partial charge on any atom is -0.504 e. The van der Waals surface area contributed by atoms with Crippen LogP contribution >= 0.6 is 22.1 Å². The van der Waals surface area contributed by atoms with Crippen LogP contribution in [0.3, 0.4) is 0 Å². The SMILES string of the molecule is COC(=O)C1=C(O)c2sccc2S(O)(O)N1C. The number of fused-ring (bicyclic) bond motifs is 1. The Morgan fingerprint density at radius 3 is 2.76 bits per heavy atom. The zero-order chi connectivity index (χ0) is 12.8. The van der Waals surface area contributed by atoms with Gasteiger partial charge in [-0.25, -0.2) is 4.79 Å². The van der Waals surface area contributed by atoms with Crippen molar-refractivity contribution in [1.29, 1.82) is 0 Å². The maximum atomic E-state index is 11.5. The maximum Gasteiger partial charge on any atom is 0.359 e. The van der Waals surface area contributed by atoms with Crippen molar-refractivity contribution >= 4 is 33.8 Å². The molecule has 0 fully saturated rings. The van der Waals surface area contributed by atoms with Crippen LogP contribution in [-0.4, -0.2) is 38.6 Å². The standard InChI is InChI=1S/C9H11NO5S2/c1-10-6(9(12)15-2)7(11)8-5(3-4-16-8)17(10,13)14/h3-4,11,13-14H,1-2H3. The summed E-state index contributed by atoms with van der Waals surface area (Å²) in [5.74, 6) is -1.11. The average Bonchev–Trinajstić information content (AvgIpc) is 2.76. The molecule has 0 aromatic carbocycles. The molecule has 0 bridgehead atoms. The number of methoxy groups -OCH3 is 1. The summed E-state index contributed by atoms with van der Waals surface area (Å²) in [5, 5.41) is 11.6. The molecule has 0 saturated carbocycles. The van der Waals surface area contributed by atoms with Gasteiger partial charge in [0.15, 0.2) is 11.5 Å². The van der Waals surface area contributed by atoms with Gasteiger partial charge in [0, 0.05) is 7.05 Å². The van der Waals surface area contributed by atoms with Crippen LogP contribution in [0, 0.1) is 0 Å². The summed E-state index contributed by atoms with van der Waals surface area (Å²) in [6.45, 7) is 0. The smallest absolute Gasteiger partial charge is 0.359 e. The van der Waals surface area contributed by atoms with E-state index in [0.717, 1.165) is 22.8 Å². The lowest BCUT2D eigenvalue weighted by Crippen LogP contribution is -2.32. The Hall–Kier alpha value is -1.22. The molecule has 94 valence electrons. The number of likely N-dealkylation sites (N-methyl/N-ethyl adjacent to an activating group) is 1. The van der Waals surface area contributed by atoms with Gasteiger partial charge >= 0.3 is 5.97 Å². The number of thiophene rings is 1. The second-order valence-electron chi connectivity index (χ2n) is 3.32. The third-order valence-electron chi connectivity index (χ3n) is 2.44. The van der Waals surface area contributed by atoms with Crippen molar-refractivity contribution < 1.29 is 23.7 Å². The van der Waals surface area contributed by atoms with Crippen LogP contribution in [-0.2, 0) is 9.53 Å². The van der Waals surface area contributed by atoms with E-state index in [0.29, 0.717) is 0 Å². The lowest BCUT2D eigenvalue weighted by molar-refractivity contribution is -0.137. The third-order valence-corrected chi connectivity index (χ3v) is 5.37. The van der Waals surface area contributed by atoms with Crippen LogP contribution in [0.1, 0.15) is 4.88 Å². The maximum absolute atomic E-state index is 11.5. The first-order valence-corrected chi connectivity index (χ1v) is 6.91. The van der Waals surface area contributed by atoms with Crippen molar-refractivity contribution in [2.45, 2.75) is 4.90 Å². The fourth-order valence-electron chi connectivity index (χ4n) is 1.54. The quantitative estimate of drug-likeness (QED) is 0.681. The van der Waals surface area contributed by atoms with Crippen LogP contribution in [0.5, 0.6) is 0 Å². The van der Waals surface area contributed by atoms with Crippen molar-refractivity contribution in [3.63, 3.8) is 0 Å². The molecule has 6 nitrogen and oxygen atoms in total. The predicted octanol–water partition coefficient (Wildman–Crippen LogP) is 2.12. The van der Waals surface area contributed by atoms with Crippen LogP contribution in [0.25, 0.3) is 5.76 Å². The number of ether oxygens (including phenoxy) is 1. The number of nitrogens with zero attached hydrogens (tertiary/aromatic N) is 1. The highest BCUT2D eigenvalue weighted by atomic mass is 32.3. The topological polar surface area (TPSA) is 90.2 Å². The fourth-order valence-corrected chi connectivity index (χ4v) is 4.14. The van der Waals surface area contributed by atoms with E-state index in [1.165, 1.54) is 13.1 Å². The molecule has 0 spiro atoms. The molecule has 0 aliphatic carbocycles. The number of carbonyl (C=O) groups excluding carboxylic acids is 1. The Kier molecular flexibility index (Phi) is 2.82. The molecule has 0 saturated heterocycles. The molecule has 2 heterocycles. The molecular weight excluding hydrogens is 266 g/mol. The second-order valence-corrected chi connectivity index (χ2v) is 6.26. The van der Waals surface area contributed by atoms with E-state index >= 15 is 0 Å². The summed E-state index contributed by atoms with van der Waals surface area (Å²) in [5.41, 5.74) is -0.248. The normalized spacial score (nSPS) is 19.9. The van der Waals surface area contributed by atoms with Crippen molar-refractivity contribution in [1.82, 2.24) is 4.31 Å². The molecule has 1 aromatic heterocycles. The van der Waals surface area contributed by atoms with Crippen LogP contribution in [0.15, 0.2) is 22.0 Å². The van der Waals surface area contributed by atoms with Gasteiger partial charge in [-0.1, -0.05) is 10.8 Å². The van der Waals surface area contributed by atoms with Gasteiger partial charge < -0.3 is 9.84 Å². The first-order valence-electron chi connectivity index (χ1n) is 4.52. The van der Waals surface area contributed by atoms with Crippen molar-refractivity contribution in [3.8, 4) is 0 Å².